The van der Waals surface area contributed by atoms with E-state index in [0.29, 0.717) is 5.69 Å². The zero-order chi connectivity index (χ0) is 15.9. The Morgan fingerprint density at radius 2 is 2.05 bits per heavy atom. The number of benzene rings is 2. The fourth-order valence-electron chi connectivity index (χ4n) is 2.18. The number of hydrogen-bond acceptors (Lipinski definition) is 5. The van der Waals surface area contributed by atoms with Crippen LogP contribution in [0, 0.1) is 0 Å². The van der Waals surface area contributed by atoms with Crippen molar-refractivity contribution < 1.29 is 19.7 Å². The van der Waals surface area contributed by atoms with Crippen LogP contribution < -0.4 is 0 Å². The Kier molecular flexibility index (Phi) is 3.50. The third-order valence-corrected chi connectivity index (χ3v) is 3.73. The van der Waals surface area contributed by atoms with Crippen molar-refractivity contribution in [2.24, 2.45) is 0 Å². The van der Waals surface area contributed by atoms with E-state index in [1.54, 1.807) is 6.20 Å². The Labute approximate surface area is 133 Å². The number of fused-ring (bicyclic) bond motifs is 1. The first-order valence-electron chi connectivity index (χ1n) is 6.30. The molecule has 7 heteroatoms. The van der Waals surface area contributed by atoms with Crippen molar-refractivity contribution in [3.05, 3.63) is 46.6 Å². The molecule has 112 valence electrons. The molecule has 0 bridgehead atoms. The molecule has 3 aromatic rings. The number of carbonyl (C=O) groups excluding carboxylic acids is 1. The average Bonchev–Trinajstić information content (AvgIpc) is 2.91. The van der Waals surface area contributed by atoms with Gasteiger partial charge in [-0.3, -0.25) is 0 Å². The lowest BCUT2D eigenvalue weighted by molar-refractivity contribution is 0.0596. The third-order valence-electron chi connectivity index (χ3n) is 3.24. The van der Waals surface area contributed by atoms with Crippen molar-refractivity contribution in [2.75, 3.05) is 7.11 Å². The topological polar surface area (TPSA) is 84.6 Å². The summed E-state index contributed by atoms with van der Waals surface area (Å²) in [5, 5.41) is 24.8. The monoisotopic (exact) mass is 362 g/mol. The first-order chi connectivity index (χ1) is 10.5. The van der Waals surface area contributed by atoms with E-state index in [4.69, 9.17) is 0 Å². The molecule has 0 radical (unpaired) electrons. The molecule has 1 aromatic heterocycles. The summed E-state index contributed by atoms with van der Waals surface area (Å²) in [6.45, 7) is 0. The quantitative estimate of drug-likeness (QED) is 0.540. The molecular weight excluding hydrogens is 352 g/mol. The van der Waals surface area contributed by atoms with Gasteiger partial charge in [0.2, 0.25) is 0 Å². The number of esters is 1. The Morgan fingerprint density at radius 1 is 1.27 bits per heavy atom. The van der Waals surface area contributed by atoms with E-state index in [1.165, 1.54) is 23.9 Å². The number of ether oxygens (including phenoxy) is 1. The van der Waals surface area contributed by atoms with E-state index in [1.807, 2.05) is 18.2 Å². The molecule has 0 amide bonds. The van der Waals surface area contributed by atoms with E-state index >= 15 is 0 Å². The third kappa shape index (κ3) is 2.29. The van der Waals surface area contributed by atoms with Gasteiger partial charge in [0.25, 0.3) is 0 Å². The van der Waals surface area contributed by atoms with E-state index in [-0.39, 0.29) is 5.56 Å². The van der Waals surface area contributed by atoms with Gasteiger partial charge in [-0.2, -0.15) is 5.10 Å². The number of carbonyl (C=O) groups is 1. The lowest BCUT2D eigenvalue weighted by atomic mass is 10.1. The van der Waals surface area contributed by atoms with Crippen molar-refractivity contribution in [2.45, 2.75) is 0 Å². The van der Waals surface area contributed by atoms with Crippen molar-refractivity contribution in [3.63, 3.8) is 0 Å². The molecule has 0 saturated carbocycles. The summed E-state index contributed by atoms with van der Waals surface area (Å²) in [4.78, 5) is 11.9. The molecule has 6 nitrogen and oxygen atoms in total. The van der Waals surface area contributed by atoms with Crippen molar-refractivity contribution in [1.29, 1.82) is 0 Å². The predicted molar refractivity (Wildman–Crippen MR) is 83.4 cm³/mol. The van der Waals surface area contributed by atoms with Gasteiger partial charge in [-0.15, -0.1) is 0 Å². The molecule has 0 saturated heterocycles. The molecule has 22 heavy (non-hydrogen) atoms. The van der Waals surface area contributed by atoms with Crippen LogP contribution in [0.3, 0.4) is 0 Å². The maximum Gasteiger partial charge on any atom is 0.344 e. The Bertz CT molecular complexity index is 889. The minimum absolute atomic E-state index is 0.144. The predicted octanol–water partition coefficient (Wildman–Crippen LogP) is 2.99. The lowest BCUT2D eigenvalue weighted by Gasteiger charge is -2.10. The number of aromatic hydroxyl groups is 2. The van der Waals surface area contributed by atoms with E-state index in [9.17, 15) is 15.0 Å². The van der Waals surface area contributed by atoms with Crippen LogP contribution in [-0.2, 0) is 4.74 Å². The van der Waals surface area contributed by atoms with Gasteiger partial charge in [-0.25, -0.2) is 9.48 Å². The van der Waals surface area contributed by atoms with Gasteiger partial charge in [-0.1, -0.05) is 15.9 Å². The number of hydrogen-bond donors (Lipinski definition) is 2. The molecular formula is C15H11BrN2O4. The van der Waals surface area contributed by atoms with Crippen molar-refractivity contribution in [1.82, 2.24) is 9.78 Å². The second-order valence-electron chi connectivity index (χ2n) is 4.60. The summed E-state index contributed by atoms with van der Waals surface area (Å²) in [5.74, 6) is -1.70. The number of halogens is 1. The number of aromatic nitrogens is 2. The van der Waals surface area contributed by atoms with Crippen molar-refractivity contribution >= 4 is 32.8 Å². The summed E-state index contributed by atoms with van der Waals surface area (Å²) >= 11 is 3.38. The average molecular weight is 363 g/mol. The Morgan fingerprint density at radius 3 is 2.77 bits per heavy atom. The number of phenolic OH excluding ortho intramolecular Hbond substituents is 2. The highest BCUT2D eigenvalue weighted by Gasteiger charge is 2.22. The highest BCUT2D eigenvalue weighted by molar-refractivity contribution is 9.10. The fraction of sp³-hybridized carbons (Fsp3) is 0.0667. The van der Waals surface area contributed by atoms with Gasteiger partial charge >= 0.3 is 5.97 Å². The van der Waals surface area contributed by atoms with Crippen molar-refractivity contribution in [3.8, 4) is 17.2 Å². The van der Waals surface area contributed by atoms with Crippen LogP contribution in [0.15, 0.2) is 41.0 Å². The number of methoxy groups -OCH3 is 1. The molecule has 1 heterocycles. The second-order valence-corrected chi connectivity index (χ2v) is 5.51. The molecule has 0 unspecified atom stereocenters. The lowest BCUT2D eigenvalue weighted by Crippen LogP contribution is -2.08. The van der Waals surface area contributed by atoms with Crippen LogP contribution in [0.4, 0.5) is 0 Å². The molecule has 0 atom stereocenters. The molecule has 0 aliphatic heterocycles. The van der Waals surface area contributed by atoms with E-state index in [2.05, 4.69) is 25.8 Å². The Balaban J connectivity index is 2.25. The van der Waals surface area contributed by atoms with Crippen LogP contribution in [0.1, 0.15) is 10.4 Å². The SMILES string of the molecule is COC(=O)c1c(-n2cc3cc(Br)ccc3n2)ccc(O)c1O. The highest BCUT2D eigenvalue weighted by Crippen LogP contribution is 2.34. The highest BCUT2D eigenvalue weighted by atomic mass is 79.9. The van der Waals surface area contributed by atoms with Crippen LogP contribution in [-0.4, -0.2) is 33.1 Å². The smallest absolute Gasteiger partial charge is 0.344 e. The van der Waals surface area contributed by atoms with Gasteiger partial charge in [0.1, 0.15) is 5.56 Å². The first kappa shape index (κ1) is 14.4. The van der Waals surface area contributed by atoms with Crippen LogP contribution >= 0.6 is 15.9 Å². The number of phenols is 2. The van der Waals surface area contributed by atoms with E-state index in [0.717, 1.165) is 15.4 Å². The first-order valence-corrected chi connectivity index (χ1v) is 7.09. The maximum absolute atomic E-state index is 11.9. The molecule has 2 aromatic carbocycles. The summed E-state index contributed by atoms with van der Waals surface area (Å²) in [6, 6.07) is 8.35. The van der Waals surface area contributed by atoms with E-state index < -0.39 is 17.5 Å². The summed E-state index contributed by atoms with van der Waals surface area (Å²) in [5.41, 5.74) is 0.899. The van der Waals surface area contributed by atoms with Gasteiger partial charge < -0.3 is 14.9 Å². The number of nitrogens with zero attached hydrogens (tertiary/aromatic N) is 2. The Hall–Kier alpha value is -2.54. The largest absolute Gasteiger partial charge is 0.504 e. The minimum Gasteiger partial charge on any atom is -0.504 e. The summed E-state index contributed by atoms with van der Waals surface area (Å²) in [7, 11) is 1.20. The second kappa shape index (κ2) is 5.34. The summed E-state index contributed by atoms with van der Waals surface area (Å²) in [6.07, 6.45) is 1.72. The molecule has 0 spiro atoms. The zero-order valence-electron chi connectivity index (χ0n) is 11.4. The van der Waals surface area contributed by atoms with Gasteiger partial charge in [0.05, 0.1) is 18.3 Å². The van der Waals surface area contributed by atoms with Gasteiger partial charge in [0, 0.05) is 16.1 Å². The summed E-state index contributed by atoms with van der Waals surface area (Å²) < 4.78 is 7.03. The molecule has 2 N–H and O–H groups in total. The molecule has 0 aliphatic carbocycles. The normalized spacial score (nSPS) is 10.8. The minimum atomic E-state index is -0.760. The standard InChI is InChI=1S/C15H11BrN2O4/c1-22-15(21)13-11(4-5-12(19)14(13)20)18-7-8-6-9(16)2-3-10(8)17-18/h2-7,19-20H,1H3. The number of rotatable bonds is 2. The zero-order valence-corrected chi connectivity index (χ0v) is 13.0. The van der Waals surface area contributed by atoms with Gasteiger partial charge in [0.15, 0.2) is 11.5 Å². The molecule has 0 aliphatic rings. The van der Waals surface area contributed by atoms with Crippen LogP contribution in [0.5, 0.6) is 11.5 Å². The van der Waals surface area contributed by atoms with Crippen LogP contribution in [0.25, 0.3) is 16.6 Å². The van der Waals surface area contributed by atoms with Gasteiger partial charge in [-0.05, 0) is 30.3 Å². The maximum atomic E-state index is 11.9. The fourth-order valence-corrected chi connectivity index (χ4v) is 2.56. The molecule has 3 rings (SSSR count). The molecule has 0 fully saturated rings. The van der Waals surface area contributed by atoms with Crippen LogP contribution in [0.2, 0.25) is 0 Å².